The Labute approximate surface area is 111 Å². The van der Waals surface area contributed by atoms with E-state index < -0.39 is 0 Å². The summed E-state index contributed by atoms with van der Waals surface area (Å²) in [6.45, 7) is 12.7. The molecule has 0 spiro atoms. The smallest absolute Gasteiger partial charge is 0.169 e. The topological polar surface area (TPSA) is 51.8 Å². The van der Waals surface area contributed by atoms with Gasteiger partial charge in [0.25, 0.3) is 0 Å². The maximum atomic E-state index is 5.37. The lowest BCUT2D eigenvalue weighted by molar-refractivity contribution is 0.330. The highest BCUT2D eigenvalue weighted by Gasteiger charge is 2.24. The summed E-state index contributed by atoms with van der Waals surface area (Å²) in [5, 5.41) is 14.3. The van der Waals surface area contributed by atoms with Gasteiger partial charge in [0.15, 0.2) is 5.01 Å². The molecule has 0 N–H and O–H groups in total. The molecular formula is C13H19N3OS. The lowest BCUT2D eigenvalue weighted by Crippen LogP contribution is -2.10. The average molecular weight is 265 g/mol. The van der Waals surface area contributed by atoms with Gasteiger partial charge in [0.1, 0.15) is 16.5 Å². The first-order chi connectivity index (χ1) is 8.18. The predicted molar refractivity (Wildman–Crippen MR) is 72.8 cm³/mol. The summed E-state index contributed by atoms with van der Waals surface area (Å²) >= 11 is 1.57. The van der Waals surface area contributed by atoms with Gasteiger partial charge in [0, 0.05) is 16.9 Å². The van der Waals surface area contributed by atoms with Gasteiger partial charge in [0.2, 0.25) is 0 Å². The van der Waals surface area contributed by atoms with Crippen LogP contribution in [0.4, 0.5) is 0 Å². The molecule has 0 unspecified atom stereocenters. The first-order valence-electron chi connectivity index (χ1n) is 5.99. The molecule has 0 aliphatic rings. The molecular weight excluding hydrogens is 246 g/mol. The minimum Gasteiger partial charge on any atom is -0.360 e. The summed E-state index contributed by atoms with van der Waals surface area (Å²) in [6, 6.07) is 1.95. The molecule has 0 atom stereocenters. The second kappa shape index (κ2) is 4.16. The van der Waals surface area contributed by atoms with Crippen molar-refractivity contribution in [3.05, 3.63) is 16.8 Å². The average Bonchev–Trinajstić information content (AvgIpc) is 2.84. The normalized spacial score (nSPS) is 13.0. The monoisotopic (exact) mass is 265 g/mol. The number of aromatic nitrogens is 3. The molecule has 5 heteroatoms. The van der Waals surface area contributed by atoms with Crippen LogP contribution in [0.3, 0.4) is 0 Å². The molecule has 2 rings (SSSR count). The van der Waals surface area contributed by atoms with Crippen LogP contribution in [0.2, 0.25) is 0 Å². The summed E-state index contributed by atoms with van der Waals surface area (Å²) in [5.74, 6) is 0.866. The molecule has 0 amide bonds. The molecule has 0 aliphatic heterocycles. The van der Waals surface area contributed by atoms with E-state index in [4.69, 9.17) is 4.52 Å². The Morgan fingerprint density at radius 2 is 1.67 bits per heavy atom. The minimum absolute atomic E-state index is 0.0203. The van der Waals surface area contributed by atoms with E-state index in [-0.39, 0.29) is 10.8 Å². The van der Waals surface area contributed by atoms with E-state index in [1.165, 1.54) is 0 Å². The van der Waals surface area contributed by atoms with Crippen molar-refractivity contribution < 1.29 is 4.52 Å². The molecule has 0 aliphatic carbocycles. The molecule has 0 fully saturated rings. The zero-order valence-electron chi connectivity index (χ0n) is 11.7. The Balaban J connectivity index is 2.33. The van der Waals surface area contributed by atoms with Crippen LogP contribution in [0.5, 0.6) is 0 Å². The van der Waals surface area contributed by atoms with Crippen LogP contribution in [-0.2, 0) is 10.8 Å². The van der Waals surface area contributed by atoms with E-state index >= 15 is 0 Å². The Morgan fingerprint density at radius 1 is 1.00 bits per heavy atom. The molecule has 0 saturated carbocycles. The van der Waals surface area contributed by atoms with Gasteiger partial charge in [-0.05, 0) is 0 Å². The highest BCUT2D eigenvalue weighted by atomic mass is 32.1. The fourth-order valence-corrected chi connectivity index (χ4v) is 2.21. The van der Waals surface area contributed by atoms with Crippen molar-refractivity contribution in [3.63, 3.8) is 0 Å². The van der Waals surface area contributed by atoms with Crippen LogP contribution in [0.15, 0.2) is 10.6 Å². The van der Waals surface area contributed by atoms with Crippen molar-refractivity contribution >= 4 is 11.3 Å². The number of nitrogens with zero attached hydrogens (tertiary/aromatic N) is 3. The van der Waals surface area contributed by atoms with Crippen LogP contribution in [-0.4, -0.2) is 15.4 Å². The van der Waals surface area contributed by atoms with Gasteiger partial charge in [-0.2, -0.15) is 0 Å². The highest BCUT2D eigenvalue weighted by Crippen LogP contribution is 2.32. The Bertz CT molecular complexity index is 493. The third-order valence-electron chi connectivity index (χ3n) is 2.54. The Kier molecular flexibility index (Phi) is 3.05. The van der Waals surface area contributed by atoms with Crippen molar-refractivity contribution in [1.82, 2.24) is 15.4 Å². The van der Waals surface area contributed by atoms with Gasteiger partial charge < -0.3 is 4.52 Å². The van der Waals surface area contributed by atoms with Crippen molar-refractivity contribution in [2.75, 3.05) is 0 Å². The molecule has 2 heterocycles. The van der Waals surface area contributed by atoms with Gasteiger partial charge in [-0.1, -0.05) is 58.0 Å². The molecule has 18 heavy (non-hydrogen) atoms. The van der Waals surface area contributed by atoms with Gasteiger partial charge in [-0.15, -0.1) is 10.2 Å². The van der Waals surface area contributed by atoms with Crippen LogP contribution in [0.1, 0.15) is 52.3 Å². The zero-order valence-corrected chi connectivity index (χ0v) is 12.6. The van der Waals surface area contributed by atoms with Gasteiger partial charge in [-0.3, -0.25) is 0 Å². The minimum atomic E-state index is -0.0389. The fraction of sp³-hybridized carbons (Fsp3) is 0.615. The van der Waals surface area contributed by atoms with Gasteiger partial charge >= 0.3 is 0 Å². The summed E-state index contributed by atoms with van der Waals surface area (Å²) in [6.07, 6.45) is 0. The predicted octanol–water partition coefficient (Wildman–Crippen LogP) is 3.79. The molecule has 0 saturated heterocycles. The molecule has 2 aromatic heterocycles. The van der Waals surface area contributed by atoms with Crippen LogP contribution >= 0.6 is 11.3 Å². The summed E-state index contributed by atoms with van der Waals surface area (Å²) < 4.78 is 5.37. The summed E-state index contributed by atoms with van der Waals surface area (Å²) in [4.78, 5) is 0. The first kappa shape index (κ1) is 13.2. The zero-order chi connectivity index (χ0) is 13.6. The van der Waals surface area contributed by atoms with Crippen molar-refractivity contribution in [3.8, 4) is 10.7 Å². The van der Waals surface area contributed by atoms with E-state index in [1.54, 1.807) is 11.3 Å². The van der Waals surface area contributed by atoms with Crippen LogP contribution < -0.4 is 0 Å². The SMILES string of the molecule is CC(C)(C)c1cc(-c2nnc(C(C)(C)C)s2)no1. The molecule has 98 valence electrons. The third-order valence-corrected chi connectivity index (χ3v) is 3.91. The number of rotatable bonds is 1. The number of hydrogen-bond donors (Lipinski definition) is 0. The lowest BCUT2D eigenvalue weighted by atomic mass is 9.93. The quantitative estimate of drug-likeness (QED) is 0.787. The van der Waals surface area contributed by atoms with Crippen molar-refractivity contribution in [1.29, 1.82) is 0 Å². The largest absolute Gasteiger partial charge is 0.360 e. The van der Waals surface area contributed by atoms with Crippen molar-refractivity contribution in [2.24, 2.45) is 0 Å². The standard InChI is InChI=1S/C13H19N3OS/c1-12(2,3)9-7-8(16-17-9)10-14-15-11(18-10)13(4,5)6/h7H,1-6H3. The second-order valence-corrected chi connectivity index (χ2v) is 7.47. The fourth-order valence-electron chi connectivity index (χ4n) is 1.36. The molecule has 0 bridgehead atoms. The summed E-state index contributed by atoms with van der Waals surface area (Å²) in [5.41, 5.74) is 0.753. The van der Waals surface area contributed by atoms with E-state index in [2.05, 4.69) is 56.9 Å². The Hall–Kier alpha value is -1.23. The summed E-state index contributed by atoms with van der Waals surface area (Å²) in [7, 11) is 0. The molecule has 0 radical (unpaired) electrons. The van der Waals surface area contributed by atoms with Gasteiger partial charge in [0.05, 0.1) is 0 Å². The van der Waals surface area contributed by atoms with E-state index in [9.17, 15) is 0 Å². The molecule has 2 aromatic rings. The van der Waals surface area contributed by atoms with Gasteiger partial charge in [-0.25, -0.2) is 0 Å². The number of hydrogen-bond acceptors (Lipinski definition) is 5. The maximum absolute atomic E-state index is 5.37. The van der Waals surface area contributed by atoms with Crippen LogP contribution in [0.25, 0.3) is 10.7 Å². The first-order valence-corrected chi connectivity index (χ1v) is 6.81. The van der Waals surface area contributed by atoms with E-state index in [0.717, 1.165) is 21.5 Å². The third kappa shape index (κ3) is 2.61. The van der Waals surface area contributed by atoms with Crippen LogP contribution in [0, 0.1) is 0 Å². The second-order valence-electron chi connectivity index (χ2n) is 6.49. The molecule has 4 nitrogen and oxygen atoms in total. The molecule has 0 aromatic carbocycles. The van der Waals surface area contributed by atoms with E-state index in [0.29, 0.717) is 0 Å². The Morgan fingerprint density at radius 3 is 2.11 bits per heavy atom. The maximum Gasteiger partial charge on any atom is 0.169 e. The highest BCUT2D eigenvalue weighted by molar-refractivity contribution is 7.14. The van der Waals surface area contributed by atoms with E-state index in [1.807, 2.05) is 6.07 Å². The lowest BCUT2D eigenvalue weighted by Gasteiger charge is -2.12. The van der Waals surface area contributed by atoms with Crippen molar-refractivity contribution in [2.45, 2.75) is 52.4 Å².